The summed E-state index contributed by atoms with van der Waals surface area (Å²) in [4.78, 5) is 42.7. The molecular formula is C22H22N2O6. The van der Waals surface area contributed by atoms with E-state index < -0.39 is 28.0 Å². The van der Waals surface area contributed by atoms with Crippen LogP contribution in [0.15, 0.2) is 41.6 Å². The first-order chi connectivity index (χ1) is 14.3. The molecular weight excluding hydrogens is 388 g/mol. The third-order valence-electron chi connectivity index (χ3n) is 7.52. The number of ketones is 1. The lowest BCUT2D eigenvalue weighted by Gasteiger charge is -2.37. The van der Waals surface area contributed by atoms with E-state index in [1.54, 1.807) is 24.3 Å². The van der Waals surface area contributed by atoms with E-state index in [1.807, 2.05) is 13.0 Å². The maximum Gasteiger partial charge on any atom is 0.354 e. The number of hydrogen-bond donors (Lipinski definition) is 0. The van der Waals surface area contributed by atoms with Crippen molar-refractivity contribution in [3.8, 4) is 0 Å². The molecule has 6 atom stereocenters. The summed E-state index contributed by atoms with van der Waals surface area (Å²) in [6.45, 7) is 4.00. The Bertz CT molecular complexity index is 1030. The van der Waals surface area contributed by atoms with Crippen molar-refractivity contribution in [3.63, 3.8) is 0 Å². The first-order valence-corrected chi connectivity index (χ1v) is 10.2. The van der Waals surface area contributed by atoms with Gasteiger partial charge in [-0.2, -0.15) is 0 Å². The molecule has 0 aromatic heterocycles. The number of carbonyl (C=O) groups is 2. The Morgan fingerprint density at radius 1 is 1.23 bits per heavy atom. The Hall–Kier alpha value is -3.03. The number of ether oxygens (including phenoxy) is 1. The van der Waals surface area contributed by atoms with E-state index in [0.29, 0.717) is 17.7 Å². The molecule has 2 aliphatic heterocycles. The molecule has 8 nitrogen and oxygen atoms in total. The highest BCUT2D eigenvalue weighted by molar-refractivity contribution is 6.08. The van der Waals surface area contributed by atoms with Crippen LogP contribution in [-0.4, -0.2) is 34.1 Å². The Kier molecular flexibility index (Phi) is 3.94. The number of carbonyl (C=O) groups excluding carboxylic acids is 2. The predicted octanol–water partition coefficient (Wildman–Crippen LogP) is 3.19. The quantitative estimate of drug-likeness (QED) is 0.421. The van der Waals surface area contributed by atoms with E-state index >= 15 is 0 Å². The largest absolute Gasteiger partial charge is 0.458 e. The van der Waals surface area contributed by atoms with Crippen molar-refractivity contribution >= 4 is 23.2 Å². The number of benzene rings is 1. The standard InChI is InChI=1S/C22H22N2O6/c1-12-7-8-15-19(21(2)14(12)9-10-18(21)25)29-20(26)22(15)11-16(23-30-22)13-5-3-4-6-17(13)24(27)28/h3-6,9-10,12,14-15,19H,7-8,11H2,1-2H3/t12-,14?,15+,19+,21-,22?/m0/s1. The SMILES string of the molecule is C[C@H]1CC[C@@H]2[C@@H](OC(=O)C23CC(c2ccccc2[N+](=O)[O-])=NO3)[C@]2(C)C(=O)C=CC12. The zero-order chi connectivity index (χ0) is 21.3. The van der Waals surface area contributed by atoms with E-state index in [2.05, 4.69) is 12.1 Å². The van der Waals surface area contributed by atoms with Crippen molar-refractivity contribution in [2.45, 2.75) is 44.8 Å². The summed E-state index contributed by atoms with van der Waals surface area (Å²) >= 11 is 0. The molecule has 156 valence electrons. The van der Waals surface area contributed by atoms with Crippen LogP contribution in [0.25, 0.3) is 0 Å². The van der Waals surface area contributed by atoms with Crippen LogP contribution in [0.4, 0.5) is 5.69 Å². The maximum absolute atomic E-state index is 13.1. The molecule has 1 aromatic carbocycles. The second kappa shape index (κ2) is 6.23. The zero-order valence-corrected chi connectivity index (χ0v) is 16.7. The molecule has 0 N–H and O–H groups in total. The molecule has 8 heteroatoms. The van der Waals surface area contributed by atoms with E-state index in [-0.39, 0.29) is 35.6 Å². The van der Waals surface area contributed by atoms with Crippen LogP contribution in [0.1, 0.15) is 38.7 Å². The molecule has 1 saturated heterocycles. The van der Waals surface area contributed by atoms with Crippen molar-refractivity contribution in [1.82, 2.24) is 0 Å². The molecule has 2 fully saturated rings. The van der Waals surface area contributed by atoms with Crippen LogP contribution in [0.5, 0.6) is 0 Å². The summed E-state index contributed by atoms with van der Waals surface area (Å²) in [5.41, 5.74) is -1.57. The maximum atomic E-state index is 13.1. The van der Waals surface area contributed by atoms with Crippen LogP contribution in [-0.2, 0) is 19.2 Å². The van der Waals surface area contributed by atoms with Gasteiger partial charge in [-0.3, -0.25) is 14.9 Å². The van der Waals surface area contributed by atoms with Gasteiger partial charge in [0, 0.05) is 12.5 Å². The highest BCUT2D eigenvalue weighted by Crippen LogP contribution is 2.58. The minimum Gasteiger partial charge on any atom is -0.458 e. The lowest BCUT2D eigenvalue weighted by Crippen LogP contribution is -2.48. The van der Waals surface area contributed by atoms with Gasteiger partial charge >= 0.3 is 5.97 Å². The summed E-state index contributed by atoms with van der Waals surface area (Å²) in [6.07, 6.45) is 4.51. The van der Waals surface area contributed by atoms with Crippen LogP contribution in [0, 0.1) is 33.3 Å². The van der Waals surface area contributed by atoms with E-state index in [9.17, 15) is 19.7 Å². The van der Waals surface area contributed by atoms with Gasteiger partial charge in [0.1, 0.15) is 6.10 Å². The van der Waals surface area contributed by atoms with E-state index in [0.717, 1.165) is 6.42 Å². The van der Waals surface area contributed by atoms with Crippen LogP contribution < -0.4 is 0 Å². The number of hydrogen-bond acceptors (Lipinski definition) is 7. The Morgan fingerprint density at radius 2 is 2.00 bits per heavy atom. The summed E-state index contributed by atoms with van der Waals surface area (Å²) in [7, 11) is 0. The van der Waals surface area contributed by atoms with Crippen LogP contribution in [0.2, 0.25) is 0 Å². The zero-order valence-electron chi connectivity index (χ0n) is 16.7. The number of fused-ring (bicyclic) bond motifs is 4. The van der Waals surface area contributed by atoms with Gasteiger partial charge in [0.05, 0.1) is 27.5 Å². The summed E-state index contributed by atoms with van der Waals surface area (Å²) < 4.78 is 5.85. The topological polar surface area (TPSA) is 108 Å². The fourth-order valence-corrected chi connectivity index (χ4v) is 5.86. The molecule has 0 radical (unpaired) electrons. The Balaban J connectivity index is 1.52. The van der Waals surface area contributed by atoms with Gasteiger partial charge in [-0.05, 0) is 43.7 Å². The number of rotatable bonds is 2. The van der Waals surface area contributed by atoms with E-state index in [1.165, 1.54) is 6.07 Å². The molecule has 1 spiro atoms. The minimum atomic E-state index is -1.34. The van der Waals surface area contributed by atoms with Gasteiger partial charge < -0.3 is 9.57 Å². The van der Waals surface area contributed by atoms with Gasteiger partial charge in [0.25, 0.3) is 5.69 Å². The number of esters is 1. The molecule has 2 aliphatic carbocycles. The second-order valence-corrected chi connectivity index (χ2v) is 8.99. The lowest BCUT2D eigenvalue weighted by atomic mass is 9.66. The molecule has 1 saturated carbocycles. The molecule has 2 heterocycles. The number of para-hydroxylation sites is 1. The Labute approximate surface area is 173 Å². The van der Waals surface area contributed by atoms with Gasteiger partial charge in [0.15, 0.2) is 5.78 Å². The first kappa shape index (κ1) is 19.0. The molecule has 30 heavy (non-hydrogen) atoms. The molecule has 2 unspecified atom stereocenters. The molecule has 4 aliphatic rings. The van der Waals surface area contributed by atoms with Gasteiger partial charge in [0.2, 0.25) is 5.60 Å². The number of nitro benzene ring substituents is 1. The normalized spacial score (nSPS) is 39.2. The minimum absolute atomic E-state index is 0.0000439. The average Bonchev–Trinajstić information content (AvgIpc) is 3.36. The third kappa shape index (κ3) is 2.30. The van der Waals surface area contributed by atoms with Crippen molar-refractivity contribution in [2.75, 3.05) is 0 Å². The van der Waals surface area contributed by atoms with Crippen molar-refractivity contribution < 1.29 is 24.1 Å². The molecule has 0 amide bonds. The second-order valence-electron chi connectivity index (χ2n) is 8.99. The molecule has 5 rings (SSSR count). The van der Waals surface area contributed by atoms with Crippen molar-refractivity contribution in [1.29, 1.82) is 0 Å². The highest BCUT2D eigenvalue weighted by Gasteiger charge is 2.70. The van der Waals surface area contributed by atoms with Gasteiger partial charge in [-0.1, -0.05) is 30.3 Å². The van der Waals surface area contributed by atoms with Crippen molar-refractivity contribution in [2.24, 2.45) is 28.3 Å². The number of nitrogens with zero attached hydrogens (tertiary/aromatic N) is 2. The Morgan fingerprint density at radius 3 is 2.77 bits per heavy atom. The highest BCUT2D eigenvalue weighted by atomic mass is 16.7. The summed E-state index contributed by atoms with van der Waals surface area (Å²) in [6, 6.07) is 6.28. The monoisotopic (exact) mass is 410 g/mol. The van der Waals surface area contributed by atoms with Crippen LogP contribution in [0.3, 0.4) is 0 Å². The number of nitro groups is 1. The smallest absolute Gasteiger partial charge is 0.354 e. The van der Waals surface area contributed by atoms with Gasteiger partial charge in [-0.25, -0.2) is 4.79 Å². The molecule has 0 bridgehead atoms. The number of allylic oxidation sites excluding steroid dienone is 2. The first-order valence-electron chi connectivity index (χ1n) is 10.2. The fraction of sp³-hybridized carbons (Fsp3) is 0.500. The summed E-state index contributed by atoms with van der Waals surface area (Å²) in [5.74, 6) is -0.658. The third-order valence-corrected chi connectivity index (χ3v) is 7.52. The molecule has 1 aromatic rings. The van der Waals surface area contributed by atoms with Crippen LogP contribution >= 0.6 is 0 Å². The number of oxime groups is 1. The van der Waals surface area contributed by atoms with E-state index in [4.69, 9.17) is 9.57 Å². The van der Waals surface area contributed by atoms with Crippen molar-refractivity contribution in [3.05, 3.63) is 52.1 Å². The van der Waals surface area contributed by atoms with Gasteiger partial charge in [-0.15, -0.1) is 0 Å². The predicted molar refractivity (Wildman–Crippen MR) is 106 cm³/mol. The average molecular weight is 410 g/mol. The summed E-state index contributed by atoms with van der Waals surface area (Å²) in [5, 5.41) is 15.6. The fourth-order valence-electron chi connectivity index (χ4n) is 5.86. The lowest BCUT2D eigenvalue weighted by molar-refractivity contribution is -0.385.